The Bertz CT molecular complexity index is 1970. The van der Waals surface area contributed by atoms with Crippen LogP contribution in [-0.4, -0.2) is 76.1 Å². The largest absolute Gasteiger partial charge is 0.497 e. The van der Waals surface area contributed by atoms with Crippen molar-refractivity contribution in [3.05, 3.63) is 101 Å². The second-order valence-electron chi connectivity index (χ2n) is 12.1. The molecule has 0 spiro atoms. The highest BCUT2D eigenvalue weighted by Gasteiger charge is 2.63. The van der Waals surface area contributed by atoms with Crippen molar-refractivity contribution in [2.75, 3.05) is 51.2 Å². The summed E-state index contributed by atoms with van der Waals surface area (Å²) in [5, 5.41) is 13.4. The molecule has 0 radical (unpaired) electrons. The molecule has 2 atom stereocenters. The predicted molar refractivity (Wildman–Crippen MR) is 176 cm³/mol. The van der Waals surface area contributed by atoms with Crippen LogP contribution in [0.3, 0.4) is 0 Å². The van der Waals surface area contributed by atoms with Gasteiger partial charge in [0.15, 0.2) is 5.54 Å². The van der Waals surface area contributed by atoms with Gasteiger partial charge in [-0.25, -0.2) is 17.7 Å². The van der Waals surface area contributed by atoms with Gasteiger partial charge in [0, 0.05) is 50.4 Å². The van der Waals surface area contributed by atoms with Crippen molar-refractivity contribution in [3.63, 3.8) is 0 Å². The minimum absolute atomic E-state index is 0.0761. The quantitative estimate of drug-likeness (QED) is 0.279. The van der Waals surface area contributed by atoms with E-state index < -0.39 is 27.5 Å². The van der Waals surface area contributed by atoms with Crippen LogP contribution in [-0.2, 0) is 26.9 Å². The van der Waals surface area contributed by atoms with Gasteiger partial charge in [0.05, 0.1) is 48.7 Å². The van der Waals surface area contributed by atoms with Gasteiger partial charge in [-0.1, -0.05) is 6.07 Å². The van der Waals surface area contributed by atoms with E-state index in [9.17, 15) is 13.7 Å². The number of sulfonamides is 1. The van der Waals surface area contributed by atoms with Crippen molar-refractivity contribution in [2.45, 2.75) is 35.9 Å². The molecule has 48 heavy (non-hydrogen) atoms. The van der Waals surface area contributed by atoms with E-state index in [4.69, 9.17) is 13.9 Å². The summed E-state index contributed by atoms with van der Waals surface area (Å²) in [5.41, 5.74) is 0.549. The molecule has 3 aliphatic rings. The van der Waals surface area contributed by atoms with Crippen molar-refractivity contribution in [1.82, 2.24) is 20.1 Å². The van der Waals surface area contributed by atoms with Gasteiger partial charge in [-0.2, -0.15) is 5.26 Å². The molecule has 7 rings (SSSR count). The number of aromatic nitrogens is 1. The number of methoxy groups -OCH3 is 2. The topological polar surface area (TPSA) is 141 Å². The fraction of sp³-hybridized carbons (Fsp3) is 0.343. The molecule has 1 N–H and O–H groups in total. The number of carbonyl (C=O) groups is 1. The number of rotatable bonds is 9. The first-order valence-corrected chi connectivity index (χ1v) is 17.3. The van der Waals surface area contributed by atoms with Crippen molar-refractivity contribution >= 4 is 21.6 Å². The number of carbonyl (C=O) groups excluding carboxylic acids is 1. The van der Waals surface area contributed by atoms with Crippen LogP contribution in [0.5, 0.6) is 11.5 Å². The number of nitriles is 1. The van der Waals surface area contributed by atoms with Crippen molar-refractivity contribution in [1.29, 1.82) is 5.26 Å². The first-order chi connectivity index (χ1) is 23.3. The zero-order valence-electron chi connectivity index (χ0n) is 26.8. The molecule has 2 unspecified atom stereocenters. The number of oxazole rings is 1. The number of amides is 1. The SMILES string of the molecule is COc1ccc(S(=O)(=O)N2C(=O)C(c3cc(CN4CCNCC4)ccc3OC)(N3CCCC3c3ncco3)c3cc(C#N)ccc32)cc1. The molecule has 248 valence electrons. The van der Waals surface area contributed by atoms with Crippen LogP contribution >= 0.6 is 0 Å². The zero-order valence-corrected chi connectivity index (χ0v) is 27.6. The summed E-state index contributed by atoms with van der Waals surface area (Å²) in [4.78, 5) is 24.3. The minimum atomic E-state index is -4.45. The molecule has 12 nitrogen and oxygen atoms in total. The van der Waals surface area contributed by atoms with Crippen LogP contribution in [0.25, 0.3) is 0 Å². The molecule has 1 amide bonds. The van der Waals surface area contributed by atoms with Crippen LogP contribution in [0.4, 0.5) is 5.69 Å². The molecule has 1 aromatic heterocycles. The van der Waals surface area contributed by atoms with Crippen LogP contribution in [0.15, 0.2) is 82.4 Å². The molecule has 4 heterocycles. The lowest BCUT2D eigenvalue weighted by Gasteiger charge is -2.41. The highest BCUT2D eigenvalue weighted by Crippen LogP contribution is 2.56. The Morgan fingerprint density at radius 2 is 1.81 bits per heavy atom. The van der Waals surface area contributed by atoms with Crippen LogP contribution in [0.2, 0.25) is 0 Å². The normalized spacial score (nSPS) is 21.6. The number of nitrogens with zero attached hydrogens (tertiary/aromatic N) is 5. The average Bonchev–Trinajstić information content (AvgIpc) is 3.87. The summed E-state index contributed by atoms with van der Waals surface area (Å²) in [5.74, 6) is 0.624. The van der Waals surface area contributed by atoms with Crippen molar-refractivity contribution in [2.24, 2.45) is 0 Å². The van der Waals surface area contributed by atoms with Crippen LogP contribution in [0.1, 0.15) is 47.0 Å². The van der Waals surface area contributed by atoms with Gasteiger partial charge in [-0.05, 0) is 73.0 Å². The van der Waals surface area contributed by atoms with E-state index in [-0.39, 0.29) is 16.1 Å². The van der Waals surface area contributed by atoms with E-state index in [2.05, 4.69) is 21.3 Å². The Morgan fingerprint density at radius 3 is 2.50 bits per heavy atom. The summed E-state index contributed by atoms with van der Waals surface area (Å²) < 4.78 is 47.1. The molecule has 3 aromatic carbocycles. The number of nitrogens with one attached hydrogen (secondary N) is 1. The second-order valence-corrected chi connectivity index (χ2v) is 13.9. The molecule has 13 heteroatoms. The second kappa shape index (κ2) is 12.7. The Kier molecular flexibility index (Phi) is 8.43. The molecule has 0 aliphatic carbocycles. The highest BCUT2D eigenvalue weighted by atomic mass is 32.2. The summed E-state index contributed by atoms with van der Waals surface area (Å²) in [6.45, 7) is 4.54. The Balaban J connectivity index is 1.50. The smallest absolute Gasteiger partial charge is 0.271 e. The lowest BCUT2D eigenvalue weighted by atomic mass is 9.79. The molecule has 0 saturated carbocycles. The van der Waals surface area contributed by atoms with Gasteiger partial charge in [-0.3, -0.25) is 14.6 Å². The van der Waals surface area contributed by atoms with Crippen LogP contribution in [0, 0.1) is 11.3 Å². The van der Waals surface area contributed by atoms with Gasteiger partial charge in [-0.15, -0.1) is 0 Å². The zero-order chi connectivity index (χ0) is 33.5. The number of likely N-dealkylation sites (tertiary alicyclic amines) is 1. The third-order valence-electron chi connectivity index (χ3n) is 9.52. The number of ether oxygens (including phenoxy) is 2. The van der Waals surface area contributed by atoms with Crippen molar-refractivity contribution in [3.8, 4) is 17.6 Å². The number of anilines is 1. The van der Waals surface area contributed by atoms with E-state index in [1.807, 2.05) is 23.1 Å². The first kappa shape index (κ1) is 31.8. The summed E-state index contributed by atoms with van der Waals surface area (Å²) in [6.07, 6.45) is 4.37. The lowest BCUT2D eigenvalue weighted by molar-refractivity contribution is -0.127. The number of hydrogen-bond acceptors (Lipinski definition) is 11. The maximum Gasteiger partial charge on any atom is 0.271 e. The van der Waals surface area contributed by atoms with E-state index in [1.165, 1.54) is 38.7 Å². The summed E-state index contributed by atoms with van der Waals surface area (Å²) >= 11 is 0. The van der Waals surface area contributed by atoms with Gasteiger partial charge in [0.2, 0.25) is 5.89 Å². The maximum atomic E-state index is 15.6. The van der Waals surface area contributed by atoms with Crippen molar-refractivity contribution < 1.29 is 27.1 Å². The molecule has 2 fully saturated rings. The van der Waals surface area contributed by atoms with Gasteiger partial charge < -0.3 is 19.2 Å². The van der Waals surface area contributed by atoms with Gasteiger partial charge >= 0.3 is 0 Å². The van der Waals surface area contributed by atoms with E-state index in [1.54, 1.807) is 30.5 Å². The Morgan fingerprint density at radius 1 is 1.02 bits per heavy atom. The number of hydrogen-bond donors (Lipinski definition) is 1. The third kappa shape index (κ3) is 5.12. The number of piperazine rings is 1. The standard InChI is InChI=1S/C35H36N6O6S/c1-45-26-7-9-27(10-8-26)48(43,44)41-30-11-5-24(22-36)20-28(30)35(34(41)42,40-16-3-4-31(40)33-38-15-19-47-33)29-21-25(6-12-32(29)46-2)23-39-17-13-37-14-18-39/h5-12,15,19-21,31,37H,3-4,13-14,16-18,23H2,1-2H3. The van der Waals surface area contributed by atoms with Crippen LogP contribution < -0.4 is 19.1 Å². The van der Waals surface area contributed by atoms with E-state index in [0.717, 1.165) is 36.0 Å². The summed E-state index contributed by atoms with van der Waals surface area (Å²) in [6, 6.07) is 18.1. The van der Waals surface area contributed by atoms with Gasteiger partial charge in [0.1, 0.15) is 17.8 Å². The van der Waals surface area contributed by atoms with Gasteiger partial charge in [0.25, 0.3) is 15.9 Å². The molecule has 2 saturated heterocycles. The monoisotopic (exact) mass is 668 g/mol. The average molecular weight is 669 g/mol. The van der Waals surface area contributed by atoms with E-state index >= 15 is 4.79 Å². The maximum absolute atomic E-state index is 15.6. The van der Waals surface area contributed by atoms with E-state index in [0.29, 0.717) is 54.4 Å². The Labute approximate surface area is 279 Å². The Hall–Kier alpha value is -4.74. The molecule has 0 bridgehead atoms. The molecular weight excluding hydrogens is 632 g/mol. The molecule has 4 aromatic rings. The predicted octanol–water partition coefficient (Wildman–Crippen LogP) is 3.78. The minimum Gasteiger partial charge on any atom is -0.497 e. The summed E-state index contributed by atoms with van der Waals surface area (Å²) in [7, 11) is -1.42. The fourth-order valence-corrected chi connectivity index (χ4v) is 8.78. The first-order valence-electron chi connectivity index (χ1n) is 15.9. The highest BCUT2D eigenvalue weighted by molar-refractivity contribution is 7.93. The third-order valence-corrected chi connectivity index (χ3v) is 11.2. The fourth-order valence-electron chi connectivity index (χ4n) is 7.32. The number of fused-ring (bicyclic) bond motifs is 1. The number of benzene rings is 3. The molecular formula is C35H36N6O6S. The lowest BCUT2D eigenvalue weighted by Crippen LogP contribution is -2.54. The molecule has 3 aliphatic heterocycles.